The number of benzene rings is 1. The first kappa shape index (κ1) is 17.0. The molecular weight excluding hydrogens is 328 g/mol. The third-order valence-corrected chi connectivity index (χ3v) is 4.83. The maximum Gasteiger partial charge on any atom is 0.270 e. The Morgan fingerprint density at radius 3 is 2.52 bits per heavy atom. The topological polar surface area (TPSA) is 115 Å². The van der Waals surface area contributed by atoms with Gasteiger partial charge in [-0.2, -0.15) is 0 Å². The van der Waals surface area contributed by atoms with Crippen LogP contribution >= 0.6 is 0 Å². The summed E-state index contributed by atoms with van der Waals surface area (Å²) in [4.78, 5) is 23.0. The van der Waals surface area contributed by atoms with Gasteiger partial charge in [-0.25, -0.2) is 0 Å². The van der Waals surface area contributed by atoms with Crippen LogP contribution in [0.1, 0.15) is 32.4 Å². The number of aromatic hydroxyl groups is 1. The van der Waals surface area contributed by atoms with Gasteiger partial charge in [-0.15, -0.1) is 0 Å². The van der Waals surface area contributed by atoms with Gasteiger partial charge < -0.3 is 19.5 Å². The van der Waals surface area contributed by atoms with Gasteiger partial charge >= 0.3 is 0 Å². The van der Waals surface area contributed by atoms with E-state index in [4.69, 9.17) is 4.74 Å². The zero-order chi connectivity index (χ0) is 18.6. The Kier molecular flexibility index (Phi) is 3.61. The predicted molar refractivity (Wildman–Crippen MR) is 88.9 cm³/mol. The molecule has 2 aromatic rings. The molecule has 2 unspecified atom stereocenters. The van der Waals surface area contributed by atoms with Gasteiger partial charge in [0.25, 0.3) is 11.2 Å². The second-order valence-corrected chi connectivity index (χ2v) is 6.77. The highest BCUT2D eigenvalue weighted by Gasteiger charge is 2.54. The lowest BCUT2D eigenvalue weighted by molar-refractivity contribution is -0.385. The summed E-state index contributed by atoms with van der Waals surface area (Å²) in [6.07, 6.45) is 1.35. The van der Waals surface area contributed by atoms with E-state index >= 15 is 0 Å². The summed E-state index contributed by atoms with van der Waals surface area (Å²) in [6, 6.07) is 5.48. The minimum Gasteiger partial charge on any atom is -0.508 e. The van der Waals surface area contributed by atoms with Gasteiger partial charge in [0.2, 0.25) is 0 Å². The molecule has 0 fully saturated rings. The molecule has 25 heavy (non-hydrogen) atoms. The van der Waals surface area contributed by atoms with Crippen LogP contribution in [0.4, 0.5) is 5.69 Å². The van der Waals surface area contributed by atoms with Crippen molar-refractivity contribution in [1.29, 1.82) is 0 Å². The molecule has 0 spiro atoms. The van der Waals surface area contributed by atoms with Crippen LogP contribution in [0.5, 0.6) is 11.5 Å². The van der Waals surface area contributed by atoms with E-state index in [1.54, 1.807) is 13.8 Å². The van der Waals surface area contributed by atoms with Crippen LogP contribution in [0.2, 0.25) is 0 Å². The number of nitro benzene ring substituents is 1. The lowest BCUT2D eigenvalue weighted by atomic mass is 9.75. The molecule has 0 radical (unpaired) electrons. The maximum absolute atomic E-state index is 12.4. The Labute approximate surface area is 143 Å². The molecule has 8 heteroatoms. The SMILES string of the molecule is CC1(C)Oc2ccc([N+](=O)[O-])cc2C(n2ccc(O)cc2=O)C1(C)O. The quantitative estimate of drug-likeness (QED) is 0.635. The molecule has 0 bridgehead atoms. The van der Waals surface area contributed by atoms with Crippen LogP contribution in [0.25, 0.3) is 0 Å². The average molecular weight is 346 g/mol. The number of nitro groups is 1. The highest BCUT2D eigenvalue weighted by atomic mass is 16.6. The van der Waals surface area contributed by atoms with E-state index in [1.165, 1.54) is 42.0 Å². The molecule has 1 aromatic heterocycles. The first-order valence-electron chi connectivity index (χ1n) is 7.65. The van der Waals surface area contributed by atoms with Gasteiger partial charge in [-0.3, -0.25) is 14.9 Å². The molecule has 1 aliphatic heterocycles. The standard InChI is InChI=1S/C17H18N2O6/c1-16(2)17(3,22)15(18-7-6-11(20)9-14(18)21)12-8-10(19(23)24)4-5-13(12)25-16/h4-9,15,20,22H,1-3H3. The van der Waals surface area contributed by atoms with Crippen LogP contribution in [-0.2, 0) is 0 Å². The van der Waals surface area contributed by atoms with Gasteiger partial charge in [0.05, 0.1) is 11.0 Å². The van der Waals surface area contributed by atoms with Crippen LogP contribution in [-0.4, -0.2) is 30.9 Å². The minimum absolute atomic E-state index is 0.172. The van der Waals surface area contributed by atoms with E-state index < -0.39 is 27.7 Å². The number of aromatic nitrogens is 1. The van der Waals surface area contributed by atoms with Crippen molar-refractivity contribution in [3.8, 4) is 11.5 Å². The third-order valence-electron chi connectivity index (χ3n) is 4.83. The fraction of sp³-hybridized carbons (Fsp3) is 0.353. The lowest BCUT2D eigenvalue weighted by Gasteiger charge is -2.49. The first-order chi connectivity index (χ1) is 11.5. The van der Waals surface area contributed by atoms with Gasteiger partial charge in [0, 0.05) is 30.0 Å². The second kappa shape index (κ2) is 5.32. The normalized spacial score (nSPS) is 24.2. The summed E-state index contributed by atoms with van der Waals surface area (Å²) in [7, 11) is 0. The van der Waals surface area contributed by atoms with Gasteiger partial charge in [-0.05, 0) is 32.9 Å². The number of nitrogens with zero attached hydrogens (tertiary/aromatic N) is 2. The van der Waals surface area contributed by atoms with Crippen LogP contribution in [0.15, 0.2) is 41.3 Å². The summed E-state index contributed by atoms with van der Waals surface area (Å²) >= 11 is 0. The number of hydrogen-bond acceptors (Lipinski definition) is 6. The lowest BCUT2D eigenvalue weighted by Crippen LogP contribution is -2.60. The van der Waals surface area contributed by atoms with E-state index in [1.807, 2.05) is 0 Å². The minimum atomic E-state index is -1.56. The number of rotatable bonds is 2. The molecule has 1 aromatic carbocycles. The van der Waals surface area contributed by atoms with Crippen molar-refractivity contribution in [3.05, 3.63) is 62.6 Å². The molecule has 2 heterocycles. The summed E-state index contributed by atoms with van der Waals surface area (Å²) < 4.78 is 7.09. The monoisotopic (exact) mass is 346 g/mol. The van der Waals surface area contributed by atoms with Gasteiger partial charge in [-0.1, -0.05) is 0 Å². The summed E-state index contributed by atoms with van der Waals surface area (Å²) in [5, 5.41) is 31.8. The van der Waals surface area contributed by atoms with E-state index in [0.29, 0.717) is 11.3 Å². The van der Waals surface area contributed by atoms with Crippen molar-refractivity contribution >= 4 is 5.69 Å². The van der Waals surface area contributed by atoms with Crippen molar-refractivity contribution in [3.63, 3.8) is 0 Å². The largest absolute Gasteiger partial charge is 0.508 e. The van der Waals surface area contributed by atoms with Crippen LogP contribution in [0, 0.1) is 10.1 Å². The molecule has 2 N–H and O–H groups in total. The Morgan fingerprint density at radius 2 is 1.92 bits per heavy atom. The molecule has 3 rings (SSSR count). The van der Waals surface area contributed by atoms with E-state index in [2.05, 4.69) is 0 Å². The number of pyridine rings is 1. The highest BCUT2D eigenvalue weighted by Crippen LogP contribution is 2.48. The van der Waals surface area contributed by atoms with Crippen LogP contribution < -0.4 is 10.3 Å². The van der Waals surface area contributed by atoms with Crippen molar-refractivity contribution in [2.24, 2.45) is 0 Å². The molecule has 0 saturated heterocycles. The van der Waals surface area contributed by atoms with Gasteiger partial charge in [0.15, 0.2) is 0 Å². The van der Waals surface area contributed by atoms with Crippen LogP contribution in [0.3, 0.4) is 0 Å². The summed E-state index contributed by atoms with van der Waals surface area (Å²) in [5.41, 5.74) is -3.02. The number of hydrogen-bond donors (Lipinski definition) is 2. The molecule has 8 nitrogen and oxygen atoms in total. The molecule has 132 valence electrons. The average Bonchev–Trinajstić information content (AvgIpc) is 2.49. The molecule has 1 aliphatic rings. The molecule has 0 amide bonds. The smallest absolute Gasteiger partial charge is 0.270 e. The van der Waals surface area contributed by atoms with Crippen molar-refractivity contribution in [2.75, 3.05) is 0 Å². The summed E-state index contributed by atoms with van der Waals surface area (Å²) in [5.74, 6) is 0.151. The molecule has 2 atom stereocenters. The van der Waals surface area contributed by atoms with E-state index in [0.717, 1.165) is 6.07 Å². The fourth-order valence-corrected chi connectivity index (χ4v) is 3.08. The number of fused-ring (bicyclic) bond motifs is 1. The first-order valence-corrected chi connectivity index (χ1v) is 7.65. The number of aliphatic hydroxyl groups is 1. The van der Waals surface area contributed by atoms with Crippen molar-refractivity contribution < 1.29 is 19.9 Å². The Bertz CT molecular complexity index is 916. The van der Waals surface area contributed by atoms with Crippen molar-refractivity contribution in [2.45, 2.75) is 38.0 Å². The zero-order valence-electron chi connectivity index (χ0n) is 14.0. The van der Waals surface area contributed by atoms with E-state index in [9.17, 15) is 25.1 Å². The molecule has 0 aliphatic carbocycles. The second-order valence-electron chi connectivity index (χ2n) is 6.77. The Hall–Kier alpha value is -2.87. The molecular formula is C17H18N2O6. The number of non-ortho nitro benzene ring substituents is 1. The van der Waals surface area contributed by atoms with Crippen molar-refractivity contribution in [1.82, 2.24) is 4.57 Å². The third kappa shape index (κ3) is 2.54. The predicted octanol–water partition coefficient (Wildman–Crippen LogP) is 1.97. The summed E-state index contributed by atoms with van der Waals surface area (Å²) in [6.45, 7) is 4.87. The maximum atomic E-state index is 12.4. The fourth-order valence-electron chi connectivity index (χ4n) is 3.08. The molecule has 0 saturated carbocycles. The zero-order valence-corrected chi connectivity index (χ0v) is 14.0. The van der Waals surface area contributed by atoms with Gasteiger partial charge in [0.1, 0.15) is 22.7 Å². The Balaban J connectivity index is 2.32. The highest BCUT2D eigenvalue weighted by molar-refractivity contribution is 5.49. The number of ether oxygens (including phenoxy) is 1. The van der Waals surface area contributed by atoms with E-state index in [-0.39, 0.29) is 11.4 Å². The Morgan fingerprint density at radius 1 is 1.24 bits per heavy atom.